The van der Waals surface area contributed by atoms with Gasteiger partial charge in [-0.1, -0.05) is 24.3 Å². The van der Waals surface area contributed by atoms with Gasteiger partial charge in [0.2, 0.25) is 0 Å². The van der Waals surface area contributed by atoms with Gasteiger partial charge in [0.05, 0.1) is 0 Å². The number of rotatable bonds is 7. The van der Waals surface area contributed by atoms with Crippen molar-refractivity contribution in [2.75, 3.05) is 25.1 Å². The summed E-state index contributed by atoms with van der Waals surface area (Å²) < 4.78 is 34.8. The number of fused-ring (bicyclic) bond motifs is 1. The molecule has 0 aliphatic carbocycles. The number of benzene rings is 3. The first kappa shape index (κ1) is 21.2. The monoisotopic (exact) mass is 437 g/mol. The number of para-hydroxylation sites is 1. The maximum Gasteiger partial charge on any atom is 0.342 e. The molecule has 0 unspecified atom stereocenters. The molecule has 1 heterocycles. The van der Waals surface area contributed by atoms with Crippen LogP contribution in [0.15, 0.2) is 66.7 Å². The highest BCUT2D eigenvalue weighted by molar-refractivity contribution is 5.96. The predicted molar refractivity (Wildman–Crippen MR) is 114 cm³/mol. The van der Waals surface area contributed by atoms with Crippen molar-refractivity contribution in [1.82, 2.24) is 0 Å². The quantitative estimate of drug-likeness (QED) is 0.563. The number of carbonyl (C=O) groups is 2. The summed E-state index contributed by atoms with van der Waals surface area (Å²) in [7, 11) is 0. The third kappa shape index (κ3) is 5.34. The average Bonchev–Trinajstić information content (AvgIpc) is 2.82. The fourth-order valence-corrected chi connectivity index (χ4v) is 3.03. The van der Waals surface area contributed by atoms with E-state index in [0.717, 1.165) is 5.56 Å². The Labute approximate surface area is 183 Å². The minimum Gasteiger partial charge on any atom is -0.488 e. The number of ether oxygens (including phenoxy) is 4. The molecule has 164 valence electrons. The normalized spacial score (nSPS) is 12.0. The number of carbonyl (C=O) groups excluding carboxylic acids is 2. The molecule has 8 heteroatoms. The second-order valence-electron chi connectivity index (χ2n) is 6.89. The van der Waals surface area contributed by atoms with Gasteiger partial charge in [0, 0.05) is 11.8 Å². The second kappa shape index (κ2) is 9.82. The first-order valence-corrected chi connectivity index (χ1v) is 9.91. The molecule has 0 bridgehead atoms. The van der Waals surface area contributed by atoms with Crippen LogP contribution in [0.5, 0.6) is 17.2 Å². The van der Waals surface area contributed by atoms with Crippen LogP contribution < -0.4 is 19.5 Å². The Morgan fingerprint density at radius 1 is 0.938 bits per heavy atom. The molecule has 0 spiro atoms. The number of nitrogens with one attached hydrogen (secondary N) is 1. The van der Waals surface area contributed by atoms with Crippen molar-refractivity contribution in [1.29, 1.82) is 0 Å². The van der Waals surface area contributed by atoms with Gasteiger partial charge in [0.25, 0.3) is 5.91 Å². The molecule has 32 heavy (non-hydrogen) atoms. The topological polar surface area (TPSA) is 83.1 Å². The van der Waals surface area contributed by atoms with Gasteiger partial charge in [-0.3, -0.25) is 4.79 Å². The van der Waals surface area contributed by atoms with E-state index in [0.29, 0.717) is 36.1 Å². The minimum absolute atomic E-state index is 0.148. The molecule has 1 aliphatic rings. The number of esters is 1. The molecule has 0 saturated heterocycles. The highest BCUT2D eigenvalue weighted by Gasteiger charge is 2.17. The molecule has 1 aliphatic heterocycles. The fraction of sp³-hybridized carbons (Fsp3) is 0.167. The number of halogens is 1. The molecular weight excluding hydrogens is 417 g/mol. The Kier molecular flexibility index (Phi) is 6.50. The standard InChI is InChI=1S/C24H20FNO6/c25-17-7-5-16(6-8-17)14-31-20-4-2-1-3-19(20)24(28)32-15-23(27)26-18-9-10-21-22(13-18)30-12-11-29-21/h1-10,13H,11-12,14-15H2,(H,26,27). The van der Waals surface area contributed by atoms with Crippen LogP contribution in [0, 0.1) is 5.82 Å². The lowest BCUT2D eigenvalue weighted by atomic mass is 10.2. The molecule has 4 rings (SSSR count). The molecular formula is C24H20FNO6. The van der Waals surface area contributed by atoms with Crippen molar-refractivity contribution in [2.24, 2.45) is 0 Å². The maximum atomic E-state index is 13.0. The molecule has 0 fully saturated rings. The van der Waals surface area contributed by atoms with Crippen LogP contribution in [0.3, 0.4) is 0 Å². The molecule has 1 N–H and O–H groups in total. The third-order valence-corrected chi connectivity index (χ3v) is 4.57. The van der Waals surface area contributed by atoms with E-state index in [1.807, 2.05) is 0 Å². The van der Waals surface area contributed by atoms with Crippen LogP contribution in [-0.4, -0.2) is 31.7 Å². The van der Waals surface area contributed by atoms with E-state index in [1.54, 1.807) is 54.6 Å². The summed E-state index contributed by atoms with van der Waals surface area (Å²) in [6.45, 7) is 0.586. The number of amides is 1. The van der Waals surface area contributed by atoms with Gasteiger partial charge in [-0.15, -0.1) is 0 Å². The summed E-state index contributed by atoms with van der Waals surface area (Å²) in [6.07, 6.45) is 0. The summed E-state index contributed by atoms with van der Waals surface area (Å²) >= 11 is 0. The lowest BCUT2D eigenvalue weighted by molar-refractivity contribution is -0.119. The zero-order chi connectivity index (χ0) is 22.3. The van der Waals surface area contributed by atoms with Gasteiger partial charge in [0.15, 0.2) is 18.1 Å². The first-order valence-electron chi connectivity index (χ1n) is 9.91. The van der Waals surface area contributed by atoms with Crippen molar-refractivity contribution >= 4 is 17.6 Å². The van der Waals surface area contributed by atoms with Gasteiger partial charge < -0.3 is 24.3 Å². The van der Waals surface area contributed by atoms with Gasteiger partial charge in [-0.25, -0.2) is 9.18 Å². The summed E-state index contributed by atoms with van der Waals surface area (Å²) in [5.41, 5.74) is 1.42. The Hall–Kier alpha value is -4.07. The SMILES string of the molecule is O=C(COC(=O)c1ccccc1OCc1ccc(F)cc1)Nc1ccc2c(c1)OCCO2. The average molecular weight is 437 g/mol. The molecule has 7 nitrogen and oxygen atoms in total. The molecule has 1 amide bonds. The number of hydrogen-bond donors (Lipinski definition) is 1. The second-order valence-corrected chi connectivity index (χ2v) is 6.89. The highest BCUT2D eigenvalue weighted by Crippen LogP contribution is 2.32. The first-order chi connectivity index (χ1) is 15.6. The Morgan fingerprint density at radius 3 is 2.50 bits per heavy atom. The number of anilines is 1. The lowest BCUT2D eigenvalue weighted by Crippen LogP contribution is -2.21. The Bertz CT molecular complexity index is 1120. The van der Waals surface area contributed by atoms with Crippen molar-refractivity contribution in [2.45, 2.75) is 6.61 Å². The molecule has 3 aromatic carbocycles. The van der Waals surface area contributed by atoms with Gasteiger partial charge in [-0.2, -0.15) is 0 Å². The van der Waals surface area contributed by atoms with Gasteiger partial charge >= 0.3 is 5.97 Å². The maximum absolute atomic E-state index is 13.0. The summed E-state index contributed by atoms with van der Waals surface area (Å²) in [4.78, 5) is 24.7. The fourth-order valence-electron chi connectivity index (χ4n) is 3.03. The van der Waals surface area contributed by atoms with Crippen molar-refractivity contribution < 1.29 is 32.9 Å². The van der Waals surface area contributed by atoms with Gasteiger partial charge in [0.1, 0.15) is 37.0 Å². The molecule has 0 saturated carbocycles. The largest absolute Gasteiger partial charge is 0.488 e. The van der Waals surface area contributed by atoms with Crippen molar-refractivity contribution in [3.63, 3.8) is 0 Å². The number of hydrogen-bond acceptors (Lipinski definition) is 6. The molecule has 3 aromatic rings. The minimum atomic E-state index is -0.697. The van der Waals surface area contributed by atoms with E-state index in [2.05, 4.69) is 5.32 Å². The highest BCUT2D eigenvalue weighted by atomic mass is 19.1. The van der Waals surface area contributed by atoms with E-state index >= 15 is 0 Å². The van der Waals surface area contributed by atoms with Crippen LogP contribution in [0.4, 0.5) is 10.1 Å². The Balaban J connectivity index is 1.32. The smallest absolute Gasteiger partial charge is 0.342 e. The third-order valence-electron chi connectivity index (χ3n) is 4.57. The van der Waals surface area contributed by atoms with E-state index in [4.69, 9.17) is 18.9 Å². The van der Waals surface area contributed by atoms with Gasteiger partial charge in [-0.05, 0) is 42.0 Å². The van der Waals surface area contributed by atoms with E-state index < -0.39 is 18.5 Å². The Morgan fingerprint density at radius 2 is 1.69 bits per heavy atom. The predicted octanol–water partition coefficient (Wildman–Crippen LogP) is 3.97. The van der Waals surface area contributed by atoms with Crippen LogP contribution in [0.25, 0.3) is 0 Å². The summed E-state index contributed by atoms with van der Waals surface area (Å²) in [6, 6.07) is 17.4. The zero-order valence-electron chi connectivity index (χ0n) is 17.0. The van der Waals surface area contributed by atoms with Crippen molar-refractivity contribution in [3.8, 4) is 17.2 Å². The van der Waals surface area contributed by atoms with E-state index in [-0.39, 0.29) is 18.0 Å². The van der Waals surface area contributed by atoms with Crippen LogP contribution in [0.2, 0.25) is 0 Å². The summed E-state index contributed by atoms with van der Waals surface area (Å²) in [5, 5.41) is 2.65. The van der Waals surface area contributed by atoms with Crippen LogP contribution in [0.1, 0.15) is 15.9 Å². The van der Waals surface area contributed by atoms with Crippen LogP contribution >= 0.6 is 0 Å². The van der Waals surface area contributed by atoms with Crippen molar-refractivity contribution in [3.05, 3.63) is 83.7 Å². The molecule has 0 radical (unpaired) electrons. The molecule has 0 atom stereocenters. The zero-order valence-corrected chi connectivity index (χ0v) is 17.0. The lowest BCUT2D eigenvalue weighted by Gasteiger charge is -2.19. The molecule has 0 aromatic heterocycles. The summed E-state index contributed by atoms with van der Waals surface area (Å²) in [5.74, 6) is -0.0886. The van der Waals surface area contributed by atoms with E-state index in [1.165, 1.54) is 12.1 Å². The van der Waals surface area contributed by atoms with E-state index in [9.17, 15) is 14.0 Å². The van der Waals surface area contributed by atoms with Crippen LogP contribution in [-0.2, 0) is 16.1 Å².